The first kappa shape index (κ1) is 19.4. The number of ether oxygens (including phenoxy) is 1. The van der Waals surface area contributed by atoms with Gasteiger partial charge in [-0.15, -0.1) is 0 Å². The summed E-state index contributed by atoms with van der Waals surface area (Å²) in [6.45, 7) is 4.03. The Morgan fingerprint density at radius 2 is 1.46 bits per heavy atom. The van der Waals surface area contributed by atoms with Crippen LogP contribution in [0.2, 0.25) is 0 Å². The fourth-order valence-electron chi connectivity index (χ4n) is 3.30. The van der Waals surface area contributed by atoms with Gasteiger partial charge in [-0.1, -0.05) is 55.5 Å². The summed E-state index contributed by atoms with van der Waals surface area (Å²) in [5.41, 5.74) is 3.37. The van der Waals surface area contributed by atoms with Crippen LogP contribution in [-0.2, 0) is 11.2 Å². The maximum Gasteiger partial charge on any atom is 0.338 e. The molecule has 3 rings (SSSR count). The van der Waals surface area contributed by atoms with Crippen LogP contribution in [0.4, 0.5) is 0 Å². The van der Waals surface area contributed by atoms with E-state index in [4.69, 9.17) is 4.74 Å². The Balaban J connectivity index is 2.23. The van der Waals surface area contributed by atoms with E-state index in [1.807, 2.05) is 31.2 Å². The first-order valence-corrected chi connectivity index (χ1v) is 9.29. The van der Waals surface area contributed by atoms with E-state index in [9.17, 15) is 14.7 Å². The van der Waals surface area contributed by atoms with Crippen molar-refractivity contribution in [2.45, 2.75) is 20.3 Å². The third kappa shape index (κ3) is 3.67. The van der Waals surface area contributed by atoms with E-state index in [1.165, 1.54) is 6.07 Å². The van der Waals surface area contributed by atoms with Gasteiger partial charge in [-0.2, -0.15) is 0 Å². The van der Waals surface area contributed by atoms with Crippen LogP contribution in [0.15, 0.2) is 66.7 Å². The molecular weight excluding hydrogens is 352 g/mol. The summed E-state index contributed by atoms with van der Waals surface area (Å²) < 4.78 is 5.23. The molecule has 0 aromatic heterocycles. The summed E-state index contributed by atoms with van der Waals surface area (Å²) in [4.78, 5) is 25.8. The lowest BCUT2D eigenvalue weighted by Gasteiger charge is -2.16. The van der Waals surface area contributed by atoms with E-state index >= 15 is 0 Å². The summed E-state index contributed by atoms with van der Waals surface area (Å²) in [6, 6.07) is 19.1. The molecule has 0 saturated carbocycles. The average molecular weight is 374 g/mol. The molecule has 0 aliphatic carbocycles. The van der Waals surface area contributed by atoms with Gasteiger partial charge in [0, 0.05) is 11.1 Å². The predicted octanol–water partition coefficient (Wildman–Crippen LogP) is 5.03. The number of rotatable bonds is 6. The second kappa shape index (κ2) is 8.53. The minimum Gasteiger partial charge on any atom is -0.507 e. The van der Waals surface area contributed by atoms with Gasteiger partial charge in [0.2, 0.25) is 0 Å². The number of hydrogen-bond acceptors (Lipinski definition) is 4. The normalized spacial score (nSPS) is 10.5. The molecule has 0 aliphatic rings. The number of esters is 1. The number of ketones is 1. The first-order valence-electron chi connectivity index (χ1n) is 9.29. The molecule has 1 N–H and O–H groups in total. The highest BCUT2D eigenvalue weighted by Gasteiger charge is 2.23. The number of aryl methyl sites for hydroxylation is 1. The minimum absolute atomic E-state index is 0.0725. The van der Waals surface area contributed by atoms with Crippen LogP contribution < -0.4 is 0 Å². The zero-order valence-corrected chi connectivity index (χ0v) is 15.9. The van der Waals surface area contributed by atoms with Crippen molar-refractivity contribution >= 4 is 11.8 Å². The van der Waals surface area contributed by atoms with Gasteiger partial charge >= 0.3 is 5.97 Å². The van der Waals surface area contributed by atoms with Crippen molar-refractivity contribution in [1.82, 2.24) is 0 Å². The van der Waals surface area contributed by atoms with Gasteiger partial charge in [0.15, 0.2) is 5.78 Å². The fraction of sp³-hybridized carbons (Fsp3) is 0.167. The van der Waals surface area contributed by atoms with Crippen LogP contribution in [0.5, 0.6) is 5.75 Å². The summed E-state index contributed by atoms with van der Waals surface area (Å²) >= 11 is 0. The average Bonchev–Trinajstić information content (AvgIpc) is 2.73. The minimum atomic E-state index is -0.419. The maximum absolute atomic E-state index is 13.2. The Morgan fingerprint density at radius 3 is 2.14 bits per heavy atom. The largest absolute Gasteiger partial charge is 0.507 e. The second-order valence-corrected chi connectivity index (χ2v) is 6.31. The first-order chi connectivity index (χ1) is 13.6. The van der Waals surface area contributed by atoms with Crippen molar-refractivity contribution in [2.24, 2.45) is 0 Å². The lowest BCUT2D eigenvalue weighted by molar-refractivity contribution is 0.0527. The molecule has 0 heterocycles. The lowest BCUT2D eigenvalue weighted by Crippen LogP contribution is -2.10. The quantitative estimate of drug-likeness (QED) is 0.485. The number of phenols is 1. The van der Waals surface area contributed by atoms with Gasteiger partial charge in [0.05, 0.1) is 17.7 Å². The Bertz CT molecular complexity index is 1020. The maximum atomic E-state index is 13.2. The number of phenolic OH excluding ortho intramolecular Hbond substituents is 1. The van der Waals surface area contributed by atoms with E-state index in [0.29, 0.717) is 28.7 Å². The van der Waals surface area contributed by atoms with Crippen LogP contribution in [0.25, 0.3) is 11.1 Å². The molecular formula is C24H22O4. The van der Waals surface area contributed by atoms with Crippen molar-refractivity contribution in [3.05, 3.63) is 89.0 Å². The van der Waals surface area contributed by atoms with E-state index < -0.39 is 5.97 Å². The van der Waals surface area contributed by atoms with Crippen LogP contribution >= 0.6 is 0 Å². The molecule has 0 amide bonds. The molecule has 0 spiro atoms. The highest BCUT2D eigenvalue weighted by atomic mass is 16.5. The molecule has 0 bridgehead atoms. The third-order valence-electron chi connectivity index (χ3n) is 4.62. The molecule has 0 saturated heterocycles. The summed E-state index contributed by atoms with van der Waals surface area (Å²) in [5.74, 6) is -0.788. The van der Waals surface area contributed by atoms with Crippen LogP contribution in [0.1, 0.15) is 45.7 Å². The third-order valence-corrected chi connectivity index (χ3v) is 4.62. The number of para-hydroxylation sites is 1. The Kier molecular flexibility index (Phi) is 5.90. The van der Waals surface area contributed by atoms with Gasteiger partial charge in [-0.3, -0.25) is 4.79 Å². The van der Waals surface area contributed by atoms with E-state index in [0.717, 1.165) is 5.56 Å². The van der Waals surface area contributed by atoms with Crippen molar-refractivity contribution in [1.29, 1.82) is 0 Å². The van der Waals surface area contributed by atoms with Gasteiger partial charge in [-0.05, 0) is 42.7 Å². The number of aromatic hydroxyl groups is 1. The van der Waals surface area contributed by atoms with Crippen LogP contribution in [-0.4, -0.2) is 23.5 Å². The molecule has 28 heavy (non-hydrogen) atoms. The predicted molar refractivity (Wildman–Crippen MR) is 109 cm³/mol. The Morgan fingerprint density at radius 1 is 0.821 bits per heavy atom. The molecule has 0 aliphatic heterocycles. The molecule has 0 fully saturated rings. The zero-order valence-electron chi connectivity index (χ0n) is 15.9. The lowest BCUT2D eigenvalue weighted by atomic mass is 9.87. The van der Waals surface area contributed by atoms with Crippen LogP contribution in [0, 0.1) is 0 Å². The van der Waals surface area contributed by atoms with Crippen molar-refractivity contribution in [3.8, 4) is 16.9 Å². The molecule has 4 heteroatoms. The number of benzene rings is 3. The van der Waals surface area contributed by atoms with Crippen molar-refractivity contribution in [2.75, 3.05) is 6.61 Å². The molecule has 0 radical (unpaired) electrons. The van der Waals surface area contributed by atoms with E-state index in [1.54, 1.807) is 43.3 Å². The molecule has 3 aromatic carbocycles. The summed E-state index contributed by atoms with van der Waals surface area (Å²) in [5, 5.41) is 10.1. The van der Waals surface area contributed by atoms with Gasteiger partial charge in [0.25, 0.3) is 0 Å². The van der Waals surface area contributed by atoms with Gasteiger partial charge < -0.3 is 9.84 Å². The number of carbonyl (C=O) groups excluding carboxylic acids is 2. The monoisotopic (exact) mass is 374 g/mol. The molecule has 0 unspecified atom stereocenters. The summed E-state index contributed by atoms with van der Waals surface area (Å²) in [7, 11) is 0. The fourth-order valence-corrected chi connectivity index (χ4v) is 3.30. The topological polar surface area (TPSA) is 63.6 Å². The van der Waals surface area contributed by atoms with E-state index in [-0.39, 0.29) is 23.7 Å². The molecule has 142 valence electrons. The summed E-state index contributed by atoms with van der Waals surface area (Å²) in [6.07, 6.45) is 0.696. The highest BCUT2D eigenvalue weighted by molar-refractivity contribution is 6.15. The molecule has 4 nitrogen and oxygen atoms in total. The zero-order chi connectivity index (χ0) is 20.1. The van der Waals surface area contributed by atoms with E-state index in [2.05, 4.69) is 0 Å². The number of hydrogen-bond donors (Lipinski definition) is 1. The van der Waals surface area contributed by atoms with Crippen molar-refractivity contribution in [3.63, 3.8) is 0 Å². The standard InChI is InChI=1S/C24H22O4/c1-3-16-10-9-14-20(24(27)28-4-2)22(16)17-11-5-6-12-18(17)23(26)19-13-7-8-15-21(19)25/h5-15,25H,3-4H2,1-2H3. The SMILES string of the molecule is CCOC(=O)c1cccc(CC)c1-c1ccccc1C(=O)c1ccccc1O. The van der Waals surface area contributed by atoms with Crippen LogP contribution in [0.3, 0.4) is 0 Å². The highest BCUT2D eigenvalue weighted by Crippen LogP contribution is 2.34. The van der Waals surface area contributed by atoms with Gasteiger partial charge in [-0.25, -0.2) is 4.79 Å². The smallest absolute Gasteiger partial charge is 0.338 e. The number of carbonyl (C=O) groups is 2. The second-order valence-electron chi connectivity index (χ2n) is 6.31. The van der Waals surface area contributed by atoms with Crippen molar-refractivity contribution < 1.29 is 19.4 Å². The molecule has 0 atom stereocenters. The van der Waals surface area contributed by atoms with Gasteiger partial charge in [0.1, 0.15) is 5.75 Å². The Labute approximate surface area is 164 Å². The molecule has 3 aromatic rings. The Hall–Kier alpha value is -3.40.